The molecule has 12 nitrogen and oxygen atoms in total. The predicted octanol–water partition coefficient (Wildman–Crippen LogP) is 5.81. The molecule has 1 saturated heterocycles. The quantitative estimate of drug-likeness (QED) is 0.178. The molecule has 2 fully saturated rings. The minimum atomic E-state index is -1.25. The van der Waals surface area contributed by atoms with Crippen LogP contribution in [0.1, 0.15) is 69.3 Å². The molecule has 272 valence electrons. The van der Waals surface area contributed by atoms with Crippen LogP contribution in [0, 0.1) is 5.41 Å². The average Bonchev–Trinajstić information content (AvgIpc) is 3.81. The Kier molecular flexibility index (Phi) is 8.96. The van der Waals surface area contributed by atoms with Crippen LogP contribution in [0.3, 0.4) is 0 Å². The van der Waals surface area contributed by atoms with E-state index in [-0.39, 0.29) is 17.0 Å². The van der Waals surface area contributed by atoms with Crippen molar-refractivity contribution < 1.29 is 9.29 Å². The second-order valence-corrected chi connectivity index (χ2v) is 17.6. The zero-order chi connectivity index (χ0) is 36.4. The Labute approximate surface area is 311 Å². The van der Waals surface area contributed by atoms with Crippen LogP contribution in [0.4, 0.5) is 11.8 Å². The van der Waals surface area contributed by atoms with Crippen LogP contribution < -0.4 is 25.2 Å². The molecule has 1 aliphatic heterocycles. The van der Waals surface area contributed by atoms with E-state index in [4.69, 9.17) is 31.4 Å². The van der Waals surface area contributed by atoms with Crippen molar-refractivity contribution in [2.75, 3.05) is 30.4 Å². The lowest BCUT2D eigenvalue weighted by molar-refractivity contribution is 0.174. The van der Waals surface area contributed by atoms with Gasteiger partial charge >= 0.3 is 0 Å². The Bertz CT molecular complexity index is 2190. The highest BCUT2D eigenvalue weighted by Crippen LogP contribution is 2.52. The van der Waals surface area contributed by atoms with E-state index < -0.39 is 16.1 Å². The van der Waals surface area contributed by atoms with Crippen LogP contribution in [0.15, 0.2) is 59.7 Å². The Morgan fingerprint density at radius 3 is 2.52 bits per heavy atom. The van der Waals surface area contributed by atoms with Crippen molar-refractivity contribution in [3.05, 3.63) is 87.1 Å². The van der Waals surface area contributed by atoms with E-state index in [1.54, 1.807) is 24.9 Å². The maximum atomic E-state index is 14.5. The summed E-state index contributed by atoms with van der Waals surface area (Å²) in [6.07, 6.45) is 8.14. The number of nitrogens with zero attached hydrogens (tertiary/aromatic N) is 7. The van der Waals surface area contributed by atoms with Gasteiger partial charge in [-0.05, 0) is 88.3 Å². The van der Waals surface area contributed by atoms with Gasteiger partial charge in [-0.25, -0.2) is 4.98 Å². The van der Waals surface area contributed by atoms with Crippen molar-refractivity contribution in [3.8, 4) is 17.0 Å². The van der Waals surface area contributed by atoms with Crippen LogP contribution in [0.2, 0.25) is 5.02 Å². The maximum Gasteiger partial charge on any atom is 0.266 e. The molecule has 0 radical (unpaired) electrons. The molecule has 1 aromatic carbocycles. The Balaban J connectivity index is 1.16. The van der Waals surface area contributed by atoms with E-state index in [9.17, 15) is 9.35 Å². The molecule has 2 N–H and O–H groups in total. The minimum Gasteiger partial charge on any atom is -0.598 e. The van der Waals surface area contributed by atoms with Gasteiger partial charge < -0.3 is 19.5 Å². The number of nitrogens with one attached hydrogen (secondary N) is 2. The minimum absolute atomic E-state index is 0.0849. The van der Waals surface area contributed by atoms with Gasteiger partial charge in [-0.15, -0.1) is 4.72 Å². The number of hydrogen-bond donors (Lipinski definition) is 2. The fraction of sp³-hybridized carbons (Fsp3) is 0.447. The number of hydrogen-bond acceptors (Lipinski definition) is 10. The van der Waals surface area contributed by atoms with Crippen LogP contribution >= 0.6 is 11.6 Å². The summed E-state index contributed by atoms with van der Waals surface area (Å²) in [5, 5.41) is 9.25. The molecule has 3 aliphatic rings. The number of piperidine rings is 1. The Morgan fingerprint density at radius 1 is 1.08 bits per heavy atom. The summed E-state index contributed by atoms with van der Waals surface area (Å²) in [5.41, 5.74) is 4.45. The zero-order valence-corrected chi connectivity index (χ0v) is 31.7. The molecule has 1 saturated carbocycles. The second-order valence-electron chi connectivity index (χ2n) is 15.3. The molecule has 1 spiro atoms. The van der Waals surface area contributed by atoms with E-state index in [0.29, 0.717) is 64.8 Å². The molecule has 2 aliphatic carbocycles. The van der Waals surface area contributed by atoms with Crippen LogP contribution in [-0.2, 0) is 31.4 Å². The second kappa shape index (κ2) is 13.4. The largest absolute Gasteiger partial charge is 0.598 e. The van der Waals surface area contributed by atoms with Crippen molar-refractivity contribution in [1.29, 1.82) is 0 Å². The van der Waals surface area contributed by atoms with Gasteiger partial charge in [0.05, 0.1) is 30.4 Å². The molecule has 0 amide bonds. The highest BCUT2D eigenvalue weighted by Gasteiger charge is 2.51. The molecular formula is C38H44ClN9O3S. The summed E-state index contributed by atoms with van der Waals surface area (Å²) in [5.74, 6) is 1.92. The van der Waals surface area contributed by atoms with Gasteiger partial charge in [-0.2, -0.15) is 10.1 Å². The molecular weight excluding hydrogens is 698 g/mol. The number of anilines is 2. The van der Waals surface area contributed by atoms with Gasteiger partial charge in [0.1, 0.15) is 21.7 Å². The van der Waals surface area contributed by atoms with Crippen LogP contribution in [0.5, 0.6) is 5.75 Å². The van der Waals surface area contributed by atoms with Gasteiger partial charge in [-0.1, -0.05) is 29.8 Å². The first kappa shape index (κ1) is 34.9. The number of benzene rings is 1. The molecule has 4 aromatic heterocycles. The summed E-state index contributed by atoms with van der Waals surface area (Å²) in [6.45, 7) is 7.71. The number of ether oxygens (including phenoxy) is 1. The third-order valence-corrected chi connectivity index (χ3v) is 12.6. The third kappa shape index (κ3) is 6.31. The van der Waals surface area contributed by atoms with E-state index in [1.165, 1.54) is 0 Å². The fourth-order valence-corrected chi connectivity index (χ4v) is 8.79. The van der Waals surface area contributed by atoms with Crippen molar-refractivity contribution in [2.24, 2.45) is 12.5 Å². The molecule has 8 rings (SSSR count). The lowest BCUT2D eigenvalue weighted by Crippen LogP contribution is -2.50. The summed E-state index contributed by atoms with van der Waals surface area (Å²) < 4.78 is 25.3. The van der Waals surface area contributed by atoms with Crippen molar-refractivity contribution in [2.45, 2.75) is 76.3 Å². The van der Waals surface area contributed by atoms with Crippen molar-refractivity contribution >= 4 is 45.8 Å². The third-order valence-electron chi connectivity index (χ3n) is 10.7. The van der Waals surface area contributed by atoms with Gasteiger partial charge in [-0.3, -0.25) is 19.0 Å². The summed E-state index contributed by atoms with van der Waals surface area (Å²) >= 11 is 5.80. The molecule has 1 unspecified atom stereocenters. The van der Waals surface area contributed by atoms with E-state index in [0.717, 1.165) is 54.7 Å². The van der Waals surface area contributed by atoms with Gasteiger partial charge in [0.2, 0.25) is 5.95 Å². The summed E-state index contributed by atoms with van der Waals surface area (Å²) in [4.78, 5) is 31.0. The first-order chi connectivity index (χ1) is 25.0. The van der Waals surface area contributed by atoms with Crippen molar-refractivity contribution in [1.82, 2.24) is 34.0 Å². The first-order valence-electron chi connectivity index (χ1n) is 17.8. The molecule has 0 bridgehead atoms. The van der Waals surface area contributed by atoms with Crippen molar-refractivity contribution in [3.63, 3.8) is 0 Å². The maximum absolute atomic E-state index is 14.5. The van der Waals surface area contributed by atoms with E-state index in [2.05, 4.69) is 26.0 Å². The number of aromatic nitrogens is 6. The Morgan fingerprint density at radius 2 is 1.83 bits per heavy atom. The van der Waals surface area contributed by atoms with E-state index in [1.807, 2.05) is 68.0 Å². The standard InChI is InChI=1S/C38H44ClN9O3S/c1-37(2,3)52(50)45-32-26-7-6-17-40-28(26)21-38(32)15-19-47(20-16-38)36-43-33-29(35(49)46(36)4)31(27-14-18-41-34(30(27)39)42-24-10-11-24)48(44-33)22-23-8-12-25(51-5)13-9-23/h6-9,12-14,17-18,24,32,45H,10-11,15-16,19-22H2,1-5H3,(H,41,42)/t32-,52?/m1/s1. The Hall–Kier alpha value is -4.17. The summed E-state index contributed by atoms with van der Waals surface area (Å²) in [6, 6.07) is 14.0. The molecule has 5 heterocycles. The topological polar surface area (TPSA) is 138 Å². The molecule has 14 heteroatoms. The summed E-state index contributed by atoms with van der Waals surface area (Å²) in [7, 11) is 3.42. The first-order valence-corrected chi connectivity index (χ1v) is 19.4. The lowest BCUT2D eigenvalue weighted by Gasteiger charge is -2.44. The number of pyridine rings is 2. The molecule has 2 atom stereocenters. The molecule has 5 aromatic rings. The molecule has 52 heavy (non-hydrogen) atoms. The van der Waals surface area contributed by atoms with E-state index >= 15 is 0 Å². The lowest BCUT2D eigenvalue weighted by atomic mass is 9.73. The highest BCUT2D eigenvalue weighted by molar-refractivity contribution is 7.90. The fourth-order valence-electron chi connectivity index (χ4n) is 7.59. The number of halogens is 1. The number of fused-ring (bicyclic) bond motifs is 2. The average molecular weight is 742 g/mol. The highest BCUT2D eigenvalue weighted by atomic mass is 35.5. The van der Waals surface area contributed by atoms with Gasteiger partial charge in [0.15, 0.2) is 5.65 Å². The van der Waals surface area contributed by atoms with Gasteiger partial charge in [0, 0.05) is 66.6 Å². The van der Waals surface area contributed by atoms with Crippen LogP contribution in [-0.4, -0.2) is 64.8 Å². The number of methoxy groups -OCH3 is 1. The SMILES string of the molecule is COc1ccc(Cn2nc3nc(N4CCC5(CC4)Cc4ncccc4[C@H]5N[S+]([O-])C(C)(C)C)n(C)c(=O)c3c2-c2ccnc(NC3CC3)c2Cl)cc1. The smallest absolute Gasteiger partial charge is 0.266 e. The van der Waals surface area contributed by atoms with Gasteiger partial charge in [0.25, 0.3) is 5.56 Å². The predicted molar refractivity (Wildman–Crippen MR) is 205 cm³/mol. The monoisotopic (exact) mass is 741 g/mol. The normalized spacial score (nSPS) is 18.9. The zero-order valence-electron chi connectivity index (χ0n) is 30.1. The number of rotatable bonds is 9. The van der Waals surface area contributed by atoms with Crippen LogP contribution in [0.25, 0.3) is 22.3 Å².